The van der Waals surface area contributed by atoms with E-state index >= 15 is 0 Å². The first-order chi connectivity index (χ1) is 10.8. The Hall–Kier alpha value is -2.60. The molecule has 3 aromatic carbocycles. The lowest BCUT2D eigenvalue weighted by atomic mass is 9.91. The Bertz CT molecular complexity index is 782. The van der Waals surface area contributed by atoms with Gasteiger partial charge in [-0.25, -0.2) is 0 Å². The highest BCUT2D eigenvalue weighted by Gasteiger charge is 2.09. The van der Waals surface area contributed by atoms with Gasteiger partial charge in [-0.15, -0.1) is 0 Å². The third-order valence-corrected chi connectivity index (χ3v) is 4.15. The fourth-order valence-corrected chi connectivity index (χ4v) is 2.90. The fraction of sp³-hybridized carbons (Fsp3) is 0.0909. The second-order valence-corrected chi connectivity index (χ2v) is 5.54. The molecule has 0 unspecified atom stereocenters. The standard InChI is InChI=1S/C22H20/c1-3-19-12-7-8-14-22(19)21-15-9-13-20(17(21)2)16-18-10-5-4-6-11-18/h3-15H,1,16H2,2H3. The molecule has 0 heterocycles. The number of hydrogen-bond donors (Lipinski definition) is 0. The Balaban J connectivity index is 2.04. The Labute approximate surface area is 132 Å². The zero-order valence-corrected chi connectivity index (χ0v) is 12.9. The number of benzene rings is 3. The normalized spacial score (nSPS) is 10.4. The molecule has 0 nitrogen and oxygen atoms in total. The minimum atomic E-state index is 0.969. The smallest absolute Gasteiger partial charge is 0.00229 e. The van der Waals surface area contributed by atoms with Gasteiger partial charge in [0.1, 0.15) is 0 Å². The van der Waals surface area contributed by atoms with Crippen molar-refractivity contribution in [3.8, 4) is 11.1 Å². The molecule has 3 aromatic rings. The van der Waals surface area contributed by atoms with Crippen molar-refractivity contribution in [2.45, 2.75) is 13.3 Å². The molecule has 0 saturated carbocycles. The van der Waals surface area contributed by atoms with Crippen LogP contribution >= 0.6 is 0 Å². The van der Waals surface area contributed by atoms with E-state index in [9.17, 15) is 0 Å². The van der Waals surface area contributed by atoms with E-state index in [0.29, 0.717) is 0 Å². The van der Waals surface area contributed by atoms with Gasteiger partial charge in [0.25, 0.3) is 0 Å². The van der Waals surface area contributed by atoms with E-state index in [0.717, 1.165) is 6.42 Å². The van der Waals surface area contributed by atoms with E-state index in [1.54, 1.807) is 0 Å². The van der Waals surface area contributed by atoms with Gasteiger partial charge in [-0.3, -0.25) is 0 Å². The molecule has 0 heteroatoms. The fourth-order valence-electron chi connectivity index (χ4n) is 2.90. The maximum Gasteiger partial charge on any atom is -0.00229 e. The number of hydrogen-bond acceptors (Lipinski definition) is 0. The molecule has 0 aliphatic heterocycles. The van der Waals surface area contributed by atoms with Crippen LogP contribution in [-0.4, -0.2) is 0 Å². The van der Waals surface area contributed by atoms with Gasteiger partial charge in [-0.1, -0.05) is 85.5 Å². The van der Waals surface area contributed by atoms with Crippen molar-refractivity contribution in [2.75, 3.05) is 0 Å². The zero-order valence-electron chi connectivity index (χ0n) is 12.9. The van der Waals surface area contributed by atoms with E-state index in [4.69, 9.17) is 0 Å². The van der Waals surface area contributed by atoms with Gasteiger partial charge in [-0.05, 0) is 46.7 Å². The van der Waals surface area contributed by atoms with Crippen LogP contribution in [0.4, 0.5) is 0 Å². The van der Waals surface area contributed by atoms with E-state index in [2.05, 4.69) is 86.3 Å². The lowest BCUT2D eigenvalue weighted by Crippen LogP contribution is -1.95. The molecule has 0 atom stereocenters. The summed E-state index contributed by atoms with van der Waals surface area (Å²) in [6.07, 6.45) is 2.90. The largest absolute Gasteiger partial charge is 0.0984 e. The average Bonchev–Trinajstić information content (AvgIpc) is 2.58. The molecule has 0 aliphatic rings. The third kappa shape index (κ3) is 2.87. The Morgan fingerprint density at radius 1 is 0.773 bits per heavy atom. The average molecular weight is 284 g/mol. The van der Waals surface area contributed by atoms with Crippen molar-refractivity contribution in [3.63, 3.8) is 0 Å². The van der Waals surface area contributed by atoms with Crippen molar-refractivity contribution >= 4 is 6.08 Å². The third-order valence-electron chi connectivity index (χ3n) is 4.15. The Morgan fingerprint density at radius 3 is 2.23 bits per heavy atom. The summed E-state index contributed by atoms with van der Waals surface area (Å²) in [5.74, 6) is 0. The predicted octanol–water partition coefficient (Wildman–Crippen LogP) is 5.90. The first kappa shape index (κ1) is 14.3. The minimum Gasteiger partial charge on any atom is -0.0984 e. The lowest BCUT2D eigenvalue weighted by molar-refractivity contribution is 1.16. The van der Waals surface area contributed by atoms with Crippen molar-refractivity contribution < 1.29 is 0 Å². The summed E-state index contributed by atoms with van der Waals surface area (Å²) >= 11 is 0. The van der Waals surface area contributed by atoms with Crippen LogP contribution < -0.4 is 0 Å². The summed E-state index contributed by atoms with van der Waals surface area (Å²) < 4.78 is 0. The summed E-state index contributed by atoms with van der Waals surface area (Å²) in [4.78, 5) is 0. The van der Waals surface area contributed by atoms with Gasteiger partial charge in [0.05, 0.1) is 0 Å². The maximum absolute atomic E-state index is 3.94. The van der Waals surface area contributed by atoms with E-state index < -0.39 is 0 Å². The van der Waals surface area contributed by atoms with Crippen LogP contribution in [0, 0.1) is 6.92 Å². The second kappa shape index (κ2) is 6.44. The summed E-state index contributed by atoms with van der Waals surface area (Å²) in [5, 5.41) is 0. The Morgan fingerprint density at radius 2 is 1.45 bits per heavy atom. The highest BCUT2D eigenvalue weighted by Crippen LogP contribution is 2.30. The molecule has 0 aromatic heterocycles. The van der Waals surface area contributed by atoms with Crippen LogP contribution in [0.1, 0.15) is 22.3 Å². The van der Waals surface area contributed by atoms with E-state index in [1.165, 1.54) is 33.4 Å². The molecule has 0 aliphatic carbocycles. The SMILES string of the molecule is C=Cc1ccccc1-c1cccc(Cc2ccccc2)c1C. The quantitative estimate of drug-likeness (QED) is 0.560. The molecule has 0 N–H and O–H groups in total. The van der Waals surface area contributed by atoms with Crippen LogP contribution in [0.25, 0.3) is 17.2 Å². The van der Waals surface area contributed by atoms with Crippen molar-refractivity contribution in [1.82, 2.24) is 0 Å². The van der Waals surface area contributed by atoms with Gasteiger partial charge < -0.3 is 0 Å². The van der Waals surface area contributed by atoms with Gasteiger partial charge in [0.15, 0.2) is 0 Å². The molecule has 22 heavy (non-hydrogen) atoms. The maximum atomic E-state index is 3.94. The molecular weight excluding hydrogens is 264 g/mol. The topological polar surface area (TPSA) is 0 Å². The van der Waals surface area contributed by atoms with Crippen LogP contribution in [0.5, 0.6) is 0 Å². The highest BCUT2D eigenvalue weighted by atomic mass is 14.1. The monoisotopic (exact) mass is 284 g/mol. The van der Waals surface area contributed by atoms with Crippen LogP contribution in [0.3, 0.4) is 0 Å². The molecule has 0 bridgehead atoms. The summed E-state index contributed by atoms with van der Waals surface area (Å²) in [6, 6.07) is 25.6. The molecule has 0 radical (unpaired) electrons. The first-order valence-corrected chi connectivity index (χ1v) is 7.64. The van der Waals surface area contributed by atoms with Crippen molar-refractivity contribution in [1.29, 1.82) is 0 Å². The molecule has 108 valence electrons. The minimum absolute atomic E-state index is 0.969. The number of rotatable bonds is 4. The molecule has 0 amide bonds. The van der Waals surface area contributed by atoms with Crippen LogP contribution in [0.15, 0.2) is 79.4 Å². The van der Waals surface area contributed by atoms with Crippen molar-refractivity contribution in [3.05, 3.63) is 102 Å². The lowest BCUT2D eigenvalue weighted by Gasteiger charge is -2.14. The zero-order chi connectivity index (χ0) is 15.4. The van der Waals surface area contributed by atoms with E-state index in [1.807, 2.05) is 6.08 Å². The highest BCUT2D eigenvalue weighted by molar-refractivity contribution is 5.77. The molecular formula is C22H20. The van der Waals surface area contributed by atoms with Crippen LogP contribution in [0.2, 0.25) is 0 Å². The Kier molecular flexibility index (Phi) is 4.20. The summed E-state index contributed by atoms with van der Waals surface area (Å²) in [7, 11) is 0. The molecule has 0 saturated heterocycles. The molecule has 0 spiro atoms. The molecule has 0 fully saturated rings. The summed E-state index contributed by atoms with van der Waals surface area (Å²) in [6.45, 7) is 6.15. The van der Waals surface area contributed by atoms with Crippen LogP contribution in [-0.2, 0) is 6.42 Å². The second-order valence-electron chi connectivity index (χ2n) is 5.54. The van der Waals surface area contributed by atoms with Crippen molar-refractivity contribution in [2.24, 2.45) is 0 Å². The first-order valence-electron chi connectivity index (χ1n) is 7.64. The predicted molar refractivity (Wildman–Crippen MR) is 96.0 cm³/mol. The van der Waals surface area contributed by atoms with E-state index in [-0.39, 0.29) is 0 Å². The van der Waals surface area contributed by atoms with Gasteiger partial charge in [0, 0.05) is 0 Å². The van der Waals surface area contributed by atoms with Gasteiger partial charge in [0.2, 0.25) is 0 Å². The molecule has 3 rings (SSSR count). The van der Waals surface area contributed by atoms with Gasteiger partial charge in [-0.2, -0.15) is 0 Å². The summed E-state index contributed by atoms with van der Waals surface area (Å²) in [5.41, 5.74) is 7.80. The van der Waals surface area contributed by atoms with Gasteiger partial charge >= 0.3 is 0 Å².